The van der Waals surface area contributed by atoms with Crippen LogP contribution in [-0.2, 0) is 4.79 Å². The van der Waals surface area contributed by atoms with Crippen molar-refractivity contribution >= 4 is 57.3 Å². The third-order valence-electron chi connectivity index (χ3n) is 3.80. The van der Waals surface area contributed by atoms with Crippen LogP contribution in [0.4, 0.5) is 17.1 Å². The van der Waals surface area contributed by atoms with Gasteiger partial charge in [0.2, 0.25) is 0 Å². The number of rotatable bonds is 4. The summed E-state index contributed by atoms with van der Waals surface area (Å²) in [5.41, 5.74) is 2.28. The maximum absolute atomic E-state index is 12.8. The standard InChI is InChI=1S/C18H15N3O3S2/c1-19(2)13-6-8-14(9-7-13)20-17(22)16(26-18(20)25)11-12-4-3-5-15(10-12)21(23)24/h3-11H,1-2H3. The molecule has 0 N–H and O–H groups in total. The molecule has 1 fully saturated rings. The van der Waals surface area contributed by atoms with Crippen LogP contribution in [0.25, 0.3) is 6.08 Å². The first-order valence-corrected chi connectivity index (χ1v) is 8.89. The summed E-state index contributed by atoms with van der Waals surface area (Å²) in [5.74, 6) is -0.232. The zero-order chi connectivity index (χ0) is 18.8. The van der Waals surface area contributed by atoms with E-state index in [2.05, 4.69) is 0 Å². The minimum Gasteiger partial charge on any atom is -0.378 e. The molecule has 6 nitrogen and oxygen atoms in total. The molecule has 2 aromatic rings. The number of thioether (sulfide) groups is 1. The zero-order valence-electron chi connectivity index (χ0n) is 14.1. The van der Waals surface area contributed by atoms with Crippen molar-refractivity contribution in [3.63, 3.8) is 0 Å². The number of nitrogens with zero attached hydrogens (tertiary/aromatic N) is 3. The first-order valence-electron chi connectivity index (χ1n) is 7.66. The molecule has 26 heavy (non-hydrogen) atoms. The number of nitro groups is 1. The highest BCUT2D eigenvalue weighted by atomic mass is 32.2. The second kappa shape index (κ2) is 7.27. The van der Waals surface area contributed by atoms with Gasteiger partial charge in [-0.2, -0.15) is 0 Å². The Morgan fingerprint density at radius 3 is 2.50 bits per heavy atom. The Labute approximate surface area is 160 Å². The van der Waals surface area contributed by atoms with Crippen molar-refractivity contribution in [2.45, 2.75) is 0 Å². The quantitative estimate of drug-likeness (QED) is 0.342. The van der Waals surface area contributed by atoms with Gasteiger partial charge in [-0.05, 0) is 35.9 Å². The maximum atomic E-state index is 12.8. The number of hydrogen-bond donors (Lipinski definition) is 0. The smallest absolute Gasteiger partial charge is 0.270 e. The van der Waals surface area contributed by atoms with Crippen molar-refractivity contribution in [1.29, 1.82) is 0 Å². The molecule has 0 saturated carbocycles. The summed E-state index contributed by atoms with van der Waals surface area (Å²) in [4.78, 5) is 27.1. The van der Waals surface area contributed by atoms with E-state index in [4.69, 9.17) is 12.2 Å². The lowest BCUT2D eigenvalue weighted by Gasteiger charge is -2.17. The highest BCUT2D eigenvalue weighted by Gasteiger charge is 2.33. The van der Waals surface area contributed by atoms with Gasteiger partial charge < -0.3 is 4.90 Å². The van der Waals surface area contributed by atoms with Gasteiger partial charge in [0, 0.05) is 31.9 Å². The fourth-order valence-corrected chi connectivity index (χ4v) is 3.77. The average molecular weight is 385 g/mol. The molecule has 0 radical (unpaired) electrons. The molecule has 0 unspecified atom stereocenters. The van der Waals surface area contributed by atoms with Crippen LogP contribution in [0.3, 0.4) is 0 Å². The van der Waals surface area contributed by atoms with Gasteiger partial charge in [0.15, 0.2) is 4.32 Å². The van der Waals surface area contributed by atoms with Crippen molar-refractivity contribution in [2.75, 3.05) is 23.9 Å². The third-order valence-corrected chi connectivity index (χ3v) is 5.10. The van der Waals surface area contributed by atoms with E-state index in [9.17, 15) is 14.9 Å². The number of thiocarbonyl (C=S) groups is 1. The summed E-state index contributed by atoms with van der Waals surface area (Å²) in [6, 6.07) is 13.7. The van der Waals surface area contributed by atoms with Gasteiger partial charge in [-0.15, -0.1) is 0 Å². The van der Waals surface area contributed by atoms with Crippen molar-refractivity contribution in [3.8, 4) is 0 Å². The van der Waals surface area contributed by atoms with Gasteiger partial charge in [-0.3, -0.25) is 19.8 Å². The van der Waals surface area contributed by atoms with E-state index in [-0.39, 0.29) is 11.6 Å². The lowest BCUT2D eigenvalue weighted by molar-refractivity contribution is -0.384. The van der Waals surface area contributed by atoms with E-state index in [1.165, 1.54) is 28.8 Å². The Hall–Kier alpha value is -2.71. The zero-order valence-corrected chi connectivity index (χ0v) is 15.7. The number of carbonyl (C=O) groups is 1. The molecule has 1 saturated heterocycles. The molecule has 1 heterocycles. The number of non-ortho nitro benzene ring substituents is 1. The summed E-state index contributed by atoms with van der Waals surface area (Å²) in [5, 5.41) is 10.9. The van der Waals surface area contributed by atoms with Crippen molar-refractivity contribution in [1.82, 2.24) is 0 Å². The minimum atomic E-state index is -0.463. The molecule has 3 rings (SSSR count). The van der Waals surface area contributed by atoms with Crippen molar-refractivity contribution < 1.29 is 9.72 Å². The number of carbonyl (C=O) groups excluding carboxylic acids is 1. The second-order valence-electron chi connectivity index (χ2n) is 5.78. The molecule has 8 heteroatoms. The van der Waals surface area contributed by atoms with Crippen LogP contribution in [0.15, 0.2) is 53.4 Å². The number of amides is 1. The summed E-state index contributed by atoms with van der Waals surface area (Å²) >= 11 is 6.54. The van der Waals surface area contributed by atoms with Gasteiger partial charge in [0.1, 0.15) is 0 Å². The summed E-state index contributed by atoms with van der Waals surface area (Å²) in [6.45, 7) is 0. The molecule has 0 atom stereocenters. The molecule has 0 bridgehead atoms. The molecule has 0 aromatic heterocycles. The number of benzene rings is 2. The fraction of sp³-hybridized carbons (Fsp3) is 0.111. The van der Waals surface area contributed by atoms with Crippen LogP contribution in [0.5, 0.6) is 0 Å². The van der Waals surface area contributed by atoms with E-state index in [1.54, 1.807) is 18.2 Å². The monoisotopic (exact) mass is 385 g/mol. The van der Waals surface area contributed by atoms with Crippen LogP contribution in [0, 0.1) is 10.1 Å². The molecule has 0 spiro atoms. The Morgan fingerprint density at radius 2 is 1.88 bits per heavy atom. The van der Waals surface area contributed by atoms with Gasteiger partial charge in [-0.25, -0.2) is 0 Å². The van der Waals surface area contributed by atoms with Gasteiger partial charge in [0.25, 0.3) is 11.6 Å². The predicted octanol–water partition coefficient (Wildman–Crippen LogP) is 4.07. The van der Waals surface area contributed by atoms with Gasteiger partial charge in [0.05, 0.1) is 15.5 Å². The average Bonchev–Trinajstić information content (AvgIpc) is 2.89. The molecule has 1 amide bonds. The van der Waals surface area contributed by atoms with E-state index in [0.717, 1.165) is 5.69 Å². The molecular formula is C18H15N3O3S2. The number of anilines is 2. The summed E-state index contributed by atoms with van der Waals surface area (Å²) in [6.07, 6.45) is 1.63. The third kappa shape index (κ3) is 3.61. The molecule has 0 aliphatic carbocycles. The first kappa shape index (κ1) is 18.1. The van der Waals surface area contributed by atoms with E-state index < -0.39 is 4.92 Å². The van der Waals surface area contributed by atoms with Crippen LogP contribution >= 0.6 is 24.0 Å². The first-order chi connectivity index (χ1) is 12.4. The summed E-state index contributed by atoms with van der Waals surface area (Å²) < 4.78 is 0.435. The van der Waals surface area contributed by atoms with Crippen LogP contribution < -0.4 is 9.80 Å². The van der Waals surface area contributed by atoms with Crippen LogP contribution in [-0.4, -0.2) is 29.2 Å². The second-order valence-corrected chi connectivity index (χ2v) is 7.46. The highest BCUT2D eigenvalue weighted by molar-refractivity contribution is 8.27. The summed E-state index contributed by atoms with van der Waals surface area (Å²) in [7, 11) is 3.88. The minimum absolute atomic E-state index is 0.0199. The number of nitro benzene ring substituents is 1. The van der Waals surface area contributed by atoms with Crippen molar-refractivity contribution in [3.05, 3.63) is 69.1 Å². The molecular weight excluding hydrogens is 370 g/mol. The maximum Gasteiger partial charge on any atom is 0.270 e. The molecule has 1 aliphatic heterocycles. The van der Waals surface area contributed by atoms with Gasteiger partial charge in [-0.1, -0.05) is 36.1 Å². The van der Waals surface area contributed by atoms with E-state index in [0.29, 0.717) is 20.5 Å². The Bertz CT molecular complexity index is 924. The largest absolute Gasteiger partial charge is 0.378 e. The van der Waals surface area contributed by atoms with E-state index >= 15 is 0 Å². The SMILES string of the molecule is CN(C)c1ccc(N2C(=O)C(=Cc3cccc([N+](=O)[O-])c3)SC2=S)cc1. The lowest BCUT2D eigenvalue weighted by atomic mass is 10.2. The van der Waals surface area contributed by atoms with Crippen LogP contribution in [0.1, 0.15) is 5.56 Å². The Morgan fingerprint density at radius 1 is 1.19 bits per heavy atom. The molecule has 132 valence electrons. The topological polar surface area (TPSA) is 66.7 Å². The fourth-order valence-electron chi connectivity index (χ4n) is 2.47. The highest BCUT2D eigenvalue weighted by Crippen LogP contribution is 2.36. The normalized spacial score (nSPS) is 15.6. The Balaban J connectivity index is 1.89. The van der Waals surface area contributed by atoms with Crippen molar-refractivity contribution in [2.24, 2.45) is 0 Å². The molecule has 1 aliphatic rings. The van der Waals surface area contributed by atoms with Crippen LogP contribution in [0.2, 0.25) is 0 Å². The predicted molar refractivity (Wildman–Crippen MR) is 110 cm³/mol. The Kier molecular flexibility index (Phi) is 5.06. The van der Waals surface area contributed by atoms with Gasteiger partial charge >= 0.3 is 0 Å². The number of hydrogen-bond acceptors (Lipinski definition) is 6. The lowest BCUT2D eigenvalue weighted by Crippen LogP contribution is -2.27. The van der Waals surface area contributed by atoms with E-state index in [1.807, 2.05) is 43.3 Å². The molecule has 2 aromatic carbocycles.